The highest BCUT2D eigenvalue weighted by Crippen LogP contribution is 2.20. The molecule has 0 saturated carbocycles. The summed E-state index contributed by atoms with van der Waals surface area (Å²) in [7, 11) is 0. The Kier molecular flexibility index (Phi) is 3.78. The van der Waals surface area contributed by atoms with Gasteiger partial charge in [-0.3, -0.25) is 4.90 Å². The number of piperidine rings is 1. The number of hydrogen-bond acceptors (Lipinski definition) is 3. The Morgan fingerprint density at radius 1 is 1.50 bits per heavy atom. The van der Waals surface area contributed by atoms with Gasteiger partial charge >= 0.3 is 0 Å². The molecule has 0 aromatic carbocycles. The summed E-state index contributed by atoms with van der Waals surface area (Å²) in [5, 5.41) is 0. The Morgan fingerprint density at radius 3 is 3.12 bits per heavy atom. The van der Waals surface area contributed by atoms with Crippen molar-refractivity contribution in [3.05, 3.63) is 23.9 Å². The number of hydrogen-bond donors (Lipinski definition) is 1. The van der Waals surface area contributed by atoms with Gasteiger partial charge in [-0.05, 0) is 37.4 Å². The molecule has 1 unspecified atom stereocenters. The van der Waals surface area contributed by atoms with Gasteiger partial charge in [-0.2, -0.15) is 0 Å². The summed E-state index contributed by atoms with van der Waals surface area (Å²) in [6, 6.07) is 5.89. The highest BCUT2D eigenvalue weighted by Gasteiger charge is 2.18. The van der Waals surface area contributed by atoms with Gasteiger partial charge in [0.15, 0.2) is 0 Å². The molecule has 0 bridgehead atoms. The number of pyridine rings is 1. The van der Waals surface area contributed by atoms with Gasteiger partial charge in [0.25, 0.3) is 0 Å². The molecule has 16 heavy (non-hydrogen) atoms. The summed E-state index contributed by atoms with van der Waals surface area (Å²) in [5.74, 6) is 1.50. The van der Waals surface area contributed by atoms with Crippen molar-refractivity contribution in [3.8, 4) is 0 Å². The molecule has 1 aliphatic heterocycles. The SMILES string of the molecule is CCC1CCCN(Cc2cccc(N)n2)C1. The van der Waals surface area contributed by atoms with Crippen LogP contribution in [0, 0.1) is 5.92 Å². The third-order valence-electron chi connectivity index (χ3n) is 3.39. The van der Waals surface area contributed by atoms with E-state index in [9.17, 15) is 0 Å². The van der Waals surface area contributed by atoms with Crippen molar-refractivity contribution in [2.45, 2.75) is 32.7 Å². The van der Waals surface area contributed by atoms with Crippen molar-refractivity contribution in [2.24, 2.45) is 5.92 Å². The molecule has 0 spiro atoms. The van der Waals surface area contributed by atoms with E-state index in [4.69, 9.17) is 5.73 Å². The monoisotopic (exact) mass is 219 g/mol. The first-order chi connectivity index (χ1) is 7.78. The molecule has 1 aromatic heterocycles. The Balaban J connectivity index is 1.94. The fraction of sp³-hybridized carbons (Fsp3) is 0.615. The van der Waals surface area contributed by atoms with Gasteiger partial charge in [0.1, 0.15) is 5.82 Å². The summed E-state index contributed by atoms with van der Waals surface area (Å²) < 4.78 is 0. The molecule has 1 fully saturated rings. The minimum absolute atomic E-state index is 0.626. The van der Waals surface area contributed by atoms with E-state index in [2.05, 4.69) is 22.9 Å². The lowest BCUT2D eigenvalue weighted by molar-refractivity contribution is 0.163. The second-order valence-electron chi connectivity index (χ2n) is 4.71. The molecule has 3 heteroatoms. The molecular formula is C13H21N3. The zero-order valence-electron chi connectivity index (χ0n) is 10.0. The average Bonchev–Trinajstić information content (AvgIpc) is 2.29. The van der Waals surface area contributed by atoms with E-state index >= 15 is 0 Å². The van der Waals surface area contributed by atoms with E-state index < -0.39 is 0 Å². The van der Waals surface area contributed by atoms with Crippen LogP contribution >= 0.6 is 0 Å². The van der Waals surface area contributed by atoms with Crippen LogP contribution in [0.2, 0.25) is 0 Å². The molecule has 1 aliphatic rings. The number of aromatic nitrogens is 1. The molecule has 0 radical (unpaired) electrons. The van der Waals surface area contributed by atoms with Crippen molar-refractivity contribution < 1.29 is 0 Å². The number of rotatable bonds is 3. The summed E-state index contributed by atoms with van der Waals surface area (Å²) in [6.45, 7) is 5.65. The van der Waals surface area contributed by atoms with E-state index in [1.54, 1.807) is 0 Å². The van der Waals surface area contributed by atoms with Crippen molar-refractivity contribution in [2.75, 3.05) is 18.8 Å². The van der Waals surface area contributed by atoms with Crippen LogP contribution in [0.3, 0.4) is 0 Å². The normalized spacial score (nSPS) is 22.2. The second-order valence-corrected chi connectivity index (χ2v) is 4.71. The van der Waals surface area contributed by atoms with Crippen LogP contribution < -0.4 is 5.73 Å². The summed E-state index contributed by atoms with van der Waals surface area (Å²) >= 11 is 0. The van der Waals surface area contributed by atoms with Gasteiger partial charge in [-0.25, -0.2) is 4.98 Å². The summed E-state index contributed by atoms with van der Waals surface area (Å²) in [6.07, 6.45) is 4.00. The predicted octanol–water partition coefficient (Wildman–Crippen LogP) is 2.29. The molecular weight excluding hydrogens is 198 g/mol. The fourth-order valence-electron chi connectivity index (χ4n) is 2.44. The number of likely N-dealkylation sites (tertiary alicyclic amines) is 1. The van der Waals surface area contributed by atoms with E-state index in [1.807, 2.05) is 12.1 Å². The lowest BCUT2D eigenvalue weighted by Crippen LogP contribution is -2.34. The molecule has 2 N–H and O–H groups in total. The molecule has 1 atom stereocenters. The smallest absolute Gasteiger partial charge is 0.123 e. The number of nitrogens with zero attached hydrogens (tertiary/aromatic N) is 2. The zero-order chi connectivity index (χ0) is 11.4. The predicted molar refractivity (Wildman–Crippen MR) is 66.9 cm³/mol. The standard InChI is InChI=1S/C13H21N3/c1-2-11-5-4-8-16(9-11)10-12-6-3-7-13(14)15-12/h3,6-7,11H,2,4-5,8-10H2,1H3,(H2,14,15). The number of anilines is 1. The van der Waals surface area contributed by atoms with Crippen LogP contribution in [0.4, 0.5) is 5.82 Å². The Hall–Kier alpha value is -1.09. The molecule has 1 saturated heterocycles. The first kappa shape index (κ1) is 11.4. The highest BCUT2D eigenvalue weighted by atomic mass is 15.1. The number of nitrogen functional groups attached to an aromatic ring is 1. The molecule has 1 aromatic rings. The van der Waals surface area contributed by atoms with Crippen LogP contribution in [-0.4, -0.2) is 23.0 Å². The average molecular weight is 219 g/mol. The van der Waals surface area contributed by atoms with E-state index in [0.29, 0.717) is 5.82 Å². The van der Waals surface area contributed by atoms with Gasteiger partial charge in [0.05, 0.1) is 5.69 Å². The molecule has 0 amide bonds. The van der Waals surface area contributed by atoms with Gasteiger partial charge in [-0.15, -0.1) is 0 Å². The van der Waals surface area contributed by atoms with Crippen molar-refractivity contribution in [1.82, 2.24) is 9.88 Å². The first-order valence-corrected chi connectivity index (χ1v) is 6.21. The molecule has 88 valence electrons. The number of nitrogens with two attached hydrogens (primary N) is 1. The quantitative estimate of drug-likeness (QED) is 0.848. The van der Waals surface area contributed by atoms with Crippen molar-refractivity contribution in [3.63, 3.8) is 0 Å². The van der Waals surface area contributed by atoms with E-state index in [1.165, 1.54) is 32.4 Å². The maximum Gasteiger partial charge on any atom is 0.123 e. The van der Waals surface area contributed by atoms with Crippen LogP contribution in [0.15, 0.2) is 18.2 Å². The van der Waals surface area contributed by atoms with Gasteiger partial charge in [0, 0.05) is 13.1 Å². The lowest BCUT2D eigenvalue weighted by atomic mass is 9.95. The zero-order valence-corrected chi connectivity index (χ0v) is 10.0. The van der Waals surface area contributed by atoms with Crippen LogP contribution in [-0.2, 0) is 6.54 Å². The maximum absolute atomic E-state index is 5.69. The van der Waals surface area contributed by atoms with Crippen LogP contribution in [0.5, 0.6) is 0 Å². The second kappa shape index (κ2) is 5.30. The largest absolute Gasteiger partial charge is 0.384 e. The van der Waals surface area contributed by atoms with Crippen molar-refractivity contribution >= 4 is 5.82 Å². The van der Waals surface area contributed by atoms with E-state index in [-0.39, 0.29) is 0 Å². The third-order valence-corrected chi connectivity index (χ3v) is 3.39. The topological polar surface area (TPSA) is 42.1 Å². The summed E-state index contributed by atoms with van der Waals surface area (Å²) in [5.41, 5.74) is 6.78. The molecule has 3 nitrogen and oxygen atoms in total. The van der Waals surface area contributed by atoms with Crippen molar-refractivity contribution in [1.29, 1.82) is 0 Å². The van der Waals surface area contributed by atoms with Gasteiger partial charge in [-0.1, -0.05) is 19.4 Å². The van der Waals surface area contributed by atoms with Gasteiger partial charge < -0.3 is 5.73 Å². The Morgan fingerprint density at radius 2 is 2.38 bits per heavy atom. The highest BCUT2D eigenvalue weighted by molar-refractivity contribution is 5.28. The Labute approximate surface area is 97.7 Å². The molecule has 0 aliphatic carbocycles. The Bertz CT molecular complexity index is 338. The third kappa shape index (κ3) is 2.95. The van der Waals surface area contributed by atoms with Crippen LogP contribution in [0.1, 0.15) is 31.9 Å². The minimum Gasteiger partial charge on any atom is -0.384 e. The first-order valence-electron chi connectivity index (χ1n) is 6.21. The van der Waals surface area contributed by atoms with Gasteiger partial charge in [0.2, 0.25) is 0 Å². The molecule has 2 heterocycles. The molecule has 2 rings (SSSR count). The maximum atomic E-state index is 5.69. The summed E-state index contributed by atoms with van der Waals surface area (Å²) in [4.78, 5) is 6.85. The lowest BCUT2D eigenvalue weighted by Gasteiger charge is -2.31. The minimum atomic E-state index is 0.626. The van der Waals surface area contributed by atoms with Crippen LogP contribution in [0.25, 0.3) is 0 Å². The fourth-order valence-corrected chi connectivity index (χ4v) is 2.44. The van der Waals surface area contributed by atoms with E-state index in [0.717, 1.165) is 18.2 Å².